The van der Waals surface area contributed by atoms with E-state index in [0.29, 0.717) is 16.3 Å². The third-order valence-corrected chi connectivity index (χ3v) is 3.02. The molecule has 0 atom stereocenters. The summed E-state index contributed by atoms with van der Waals surface area (Å²) in [4.78, 5) is 24.6. The highest BCUT2D eigenvalue weighted by molar-refractivity contribution is 6.34. The summed E-state index contributed by atoms with van der Waals surface area (Å²) in [5.74, 6) is -1.50. The number of carbonyl (C=O) groups excluding carboxylic acids is 1. The van der Waals surface area contributed by atoms with Crippen LogP contribution in [0, 0.1) is 0 Å². The van der Waals surface area contributed by atoms with Crippen molar-refractivity contribution in [3.05, 3.63) is 65.2 Å². The Morgan fingerprint density at radius 1 is 1.00 bits per heavy atom. The number of rotatable bonds is 4. The van der Waals surface area contributed by atoms with Crippen LogP contribution in [0.25, 0.3) is 0 Å². The lowest BCUT2D eigenvalue weighted by molar-refractivity contribution is -0.135. The Morgan fingerprint density at radius 3 is 2.20 bits per heavy atom. The van der Waals surface area contributed by atoms with Gasteiger partial charge in [-0.25, -0.2) is 0 Å². The van der Waals surface area contributed by atoms with Gasteiger partial charge >= 0.3 is 5.97 Å². The van der Waals surface area contributed by atoms with Gasteiger partial charge in [-0.15, -0.1) is 0 Å². The van der Waals surface area contributed by atoms with Gasteiger partial charge in [-0.1, -0.05) is 41.9 Å². The van der Waals surface area contributed by atoms with Crippen LogP contribution in [0.15, 0.2) is 54.6 Å². The molecule has 0 heterocycles. The number of aliphatic carboxylic acids is 1. The number of anilines is 1. The van der Waals surface area contributed by atoms with E-state index in [1.807, 2.05) is 0 Å². The maximum atomic E-state index is 12.4. The quantitative estimate of drug-likeness (QED) is 0.941. The normalized spacial score (nSPS) is 10.1. The Labute approximate surface area is 121 Å². The van der Waals surface area contributed by atoms with Crippen LogP contribution in [0.3, 0.4) is 0 Å². The number of para-hydroxylation sites is 1. The van der Waals surface area contributed by atoms with Crippen molar-refractivity contribution in [2.75, 3.05) is 11.4 Å². The number of hydrogen-bond acceptors (Lipinski definition) is 2. The third-order valence-electron chi connectivity index (χ3n) is 2.70. The van der Waals surface area contributed by atoms with Crippen LogP contribution < -0.4 is 4.90 Å². The van der Waals surface area contributed by atoms with Gasteiger partial charge in [-0.05, 0) is 24.3 Å². The summed E-state index contributed by atoms with van der Waals surface area (Å²) in [5, 5.41) is 9.33. The van der Waals surface area contributed by atoms with Crippen LogP contribution in [-0.4, -0.2) is 23.5 Å². The smallest absolute Gasteiger partial charge is 0.323 e. The predicted molar refractivity (Wildman–Crippen MR) is 77.2 cm³/mol. The highest BCUT2D eigenvalue weighted by Crippen LogP contribution is 2.26. The molecule has 0 fully saturated rings. The van der Waals surface area contributed by atoms with Gasteiger partial charge in [0.05, 0.1) is 10.7 Å². The Bertz CT molecular complexity index is 628. The average Bonchev–Trinajstić information content (AvgIpc) is 2.46. The summed E-state index contributed by atoms with van der Waals surface area (Å²) >= 11 is 6.05. The van der Waals surface area contributed by atoms with Crippen LogP contribution in [0.5, 0.6) is 0 Å². The van der Waals surface area contributed by atoms with E-state index >= 15 is 0 Å². The number of benzene rings is 2. The second kappa shape index (κ2) is 6.21. The third kappa shape index (κ3) is 3.16. The molecule has 0 aromatic heterocycles. The fourth-order valence-electron chi connectivity index (χ4n) is 1.81. The molecule has 0 aliphatic rings. The van der Waals surface area contributed by atoms with Crippen molar-refractivity contribution >= 4 is 29.2 Å². The van der Waals surface area contributed by atoms with Gasteiger partial charge in [-0.2, -0.15) is 0 Å². The molecule has 0 aliphatic carbocycles. The standard InChI is InChI=1S/C15H12ClNO3/c16-12-8-4-5-9-13(12)17(10-14(18)19)15(20)11-6-2-1-3-7-11/h1-9H,10H2,(H,18,19). The van der Waals surface area contributed by atoms with E-state index in [0.717, 1.165) is 4.90 Å². The lowest BCUT2D eigenvalue weighted by Gasteiger charge is -2.22. The summed E-state index contributed by atoms with van der Waals surface area (Å²) in [6.45, 7) is -0.447. The molecular weight excluding hydrogens is 278 g/mol. The zero-order valence-electron chi connectivity index (χ0n) is 10.5. The molecule has 20 heavy (non-hydrogen) atoms. The molecule has 2 rings (SSSR count). The molecule has 1 amide bonds. The predicted octanol–water partition coefficient (Wildman–Crippen LogP) is 3.07. The second-order valence-electron chi connectivity index (χ2n) is 4.10. The molecule has 0 bridgehead atoms. The van der Waals surface area contributed by atoms with Gasteiger partial charge in [0, 0.05) is 5.56 Å². The number of carboxylic acids is 1. The highest BCUT2D eigenvalue weighted by atomic mass is 35.5. The number of halogens is 1. The first kappa shape index (κ1) is 14.1. The summed E-state index contributed by atoms with van der Waals surface area (Å²) in [6.07, 6.45) is 0. The minimum atomic E-state index is -1.10. The van der Waals surface area contributed by atoms with E-state index < -0.39 is 18.4 Å². The SMILES string of the molecule is O=C(O)CN(C(=O)c1ccccc1)c1ccccc1Cl. The molecule has 2 aromatic rings. The Kier molecular flexibility index (Phi) is 4.38. The molecule has 4 nitrogen and oxygen atoms in total. The van der Waals surface area contributed by atoms with Gasteiger partial charge < -0.3 is 5.11 Å². The van der Waals surface area contributed by atoms with Crippen molar-refractivity contribution in [3.8, 4) is 0 Å². The summed E-state index contributed by atoms with van der Waals surface area (Å²) < 4.78 is 0. The first-order valence-corrected chi connectivity index (χ1v) is 6.30. The largest absolute Gasteiger partial charge is 0.480 e. The van der Waals surface area contributed by atoms with Gasteiger partial charge in [-0.3, -0.25) is 14.5 Å². The van der Waals surface area contributed by atoms with Gasteiger partial charge in [0.25, 0.3) is 5.91 Å². The van der Waals surface area contributed by atoms with E-state index in [4.69, 9.17) is 16.7 Å². The van der Waals surface area contributed by atoms with E-state index in [9.17, 15) is 9.59 Å². The van der Waals surface area contributed by atoms with E-state index in [1.54, 1.807) is 54.6 Å². The average molecular weight is 290 g/mol. The maximum Gasteiger partial charge on any atom is 0.323 e. The molecule has 0 spiro atoms. The fourth-order valence-corrected chi connectivity index (χ4v) is 2.05. The van der Waals surface area contributed by atoms with Gasteiger partial charge in [0.2, 0.25) is 0 Å². The van der Waals surface area contributed by atoms with E-state index in [1.165, 1.54) is 0 Å². The number of carboxylic acid groups (broad SMARTS) is 1. The molecule has 1 N–H and O–H groups in total. The topological polar surface area (TPSA) is 57.6 Å². The van der Waals surface area contributed by atoms with Gasteiger partial charge in [0.15, 0.2) is 0 Å². The van der Waals surface area contributed by atoms with Crippen LogP contribution >= 0.6 is 11.6 Å². The van der Waals surface area contributed by atoms with Crippen LogP contribution in [0.1, 0.15) is 10.4 Å². The summed E-state index contributed by atoms with van der Waals surface area (Å²) in [6, 6.07) is 15.1. The van der Waals surface area contributed by atoms with E-state index in [-0.39, 0.29) is 0 Å². The van der Waals surface area contributed by atoms with E-state index in [2.05, 4.69) is 0 Å². The van der Waals surface area contributed by atoms with Crippen molar-refractivity contribution in [2.45, 2.75) is 0 Å². The molecule has 0 unspecified atom stereocenters. The lowest BCUT2D eigenvalue weighted by Crippen LogP contribution is -2.35. The summed E-state index contributed by atoms with van der Waals surface area (Å²) in [7, 11) is 0. The molecule has 5 heteroatoms. The fraction of sp³-hybridized carbons (Fsp3) is 0.0667. The zero-order valence-corrected chi connectivity index (χ0v) is 11.2. The molecule has 0 saturated heterocycles. The van der Waals surface area contributed by atoms with Crippen LogP contribution in [0.2, 0.25) is 5.02 Å². The number of nitrogens with zero attached hydrogens (tertiary/aromatic N) is 1. The van der Waals surface area contributed by atoms with Crippen LogP contribution in [-0.2, 0) is 4.79 Å². The highest BCUT2D eigenvalue weighted by Gasteiger charge is 2.21. The Morgan fingerprint density at radius 2 is 1.60 bits per heavy atom. The number of amides is 1. The minimum absolute atomic E-state index is 0.332. The maximum absolute atomic E-state index is 12.4. The molecular formula is C15H12ClNO3. The van der Waals surface area contributed by atoms with Crippen molar-refractivity contribution < 1.29 is 14.7 Å². The number of carbonyl (C=O) groups is 2. The molecule has 102 valence electrons. The first-order chi connectivity index (χ1) is 9.59. The Balaban J connectivity index is 2.41. The van der Waals surface area contributed by atoms with Crippen molar-refractivity contribution in [1.82, 2.24) is 0 Å². The molecule has 0 aliphatic heterocycles. The molecule has 0 radical (unpaired) electrons. The Hall–Kier alpha value is -2.33. The van der Waals surface area contributed by atoms with Crippen LogP contribution in [0.4, 0.5) is 5.69 Å². The van der Waals surface area contributed by atoms with Gasteiger partial charge in [0.1, 0.15) is 6.54 Å². The lowest BCUT2D eigenvalue weighted by atomic mass is 10.2. The first-order valence-electron chi connectivity index (χ1n) is 5.93. The summed E-state index contributed by atoms with van der Waals surface area (Å²) in [5.41, 5.74) is 0.791. The van der Waals surface area contributed by atoms with Crippen molar-refractivity contribution in [1.29, 1.82) is 0 Å². The van der Waals surface area contributed by atoms with Crippen molar-refractivity contribution in [3.63, 3.8) is 0 Å². The number of hydrogen-bond donors (Lipinski definition) is 1. The minimum Gasteiger partial charge on any atom is -0.480 e. The second-order valence-corrected chi connectivity index (χ2v) is 4.51. The zero-order chi connectivity index (χ0) is 14.5. The van der Waals surface area contributed by atoms with Crippen molar-refractivity contribution in [2.24, 2.45) is 0 Å². The monoisotopic (exact) mass is 289 g/mol. The molecule has 2 aromatic carbocycles. The molecule has 0 saturated carbocycles.